The van der Waals surface area contributed by atoms with Crippen LogP contribution in [0.1, 0.15) is 39.5 Å². The summed E-state index contributed by atoms with van der Waals surface area (Å²) in [5, 5.41) is 0. The number of hydrogen-bond donors (Lipinski definition) is 1. The highest BCUT2D eigenvalue weighted by Crippen LogP contribution is 2.26. The van der Waals surface area contributed by atoms with Crippen molar-refractivity contribution in [2.24, 2.45) is 0 Å². The largest absolute Gasteiger partial charge is 0.318 e. The Hall–Kier alpha value is 0.270. The first-order chi connectivity index (χ1) is 6.17. The standard InChI is InChI=1S/C10H21NOS/c1-10(2)6-3-4-7-11(10)8-5-9-12-13/h13H,3-9H2,1-2H3. The maximum atomic E-state index is 4.77. The molecule has 0 atom stereocenters. The fourth-order valence-electron chi connectivity index (χ4n) is 2.06. The average molecular weight is 203 g/mol. The lowest BCUT2D eigenvalue weighted by molar-refractivity contribution is 0.0724. The first-order valence-electron chi connectivity index (χ1n) is 5.18. The molecule has 0 amide bonds. The number of rotatable bonds is 4. The van der Waals surface area contributed by atoms with Gasteiger partial charge < -0.3 is 4.18 Å². The molecule has 1 heterocycles. The molecule has 1 aliphatic rings. The zero-order valence-electron chi connectivity index (χ0n) is 8.75. The summed E-state index contributed by atoms with van der Waals surface area (Å²) in [5.41, 5.74) is 0.398. The molecule has 0 aromatic rings. The van der Waals surface area contributed by atoms with Crippen molar-refractivity contribution in [3.8, 4) is 0 Å². The van der Waals surface area contributed by atoms with Crippen molar-refractivity contribution >= 4 is 12.9 Å². The second kappa shape index (κ2) is 5.23. The van der Waals surface area contributed by atoms with E-state index >= 15 is 0 Å². The Bertz CT molecular complexity index is 150. The second-order valence-corrected chi connectivity index (χ2v) is 4.70. The molecule has 0 aliphatic carbocycles. The molecule has 0 saturated carbocycles. The van der Waals surface area contributed by atoms with Crippen LogP contribution in [0, 0.1) is 0 Å². The van der Waals surface area contributed by atoms with Gasteiger partial charge in [-0.3, -0.25) is 4.90 Å². The summed E-state index contributed by atoms with van der Waals surface area (Å²) in [4.78, 5) is 2.57. The molecule has 1 aliphatic heterocycles. The SMILES string of the molecule is CC1(C)CCCCN1CCCOS. The zero-order valence-corrected chi connectivity index (χ0v) is 9.65. The molecule has 1 fully saturated rings. The third-order valence-corrected chi connectivity index (χ3v) is 3.17. The van der Waals surface area contributed by atoms with Gasteiger partial charge in [0.25, 0.3) is 0 Å². The summed E-state index contributed by atoms with van der Waals surface area (Å²) in [6, 6.07) is 0. The Kier molecular flexibility index (Phi) is 4.56. The van der Waals surface area contributed by atoms with Gasteiger partial charge in [0.2, 0.25) is 0 Å². The fraction of sp³-hybridized carbons (Fsp3) is 1.00. The predicted octanol–water partition coefficient (Wildman–Crippen LogP) is 2.50. The normalized spacial score (nSPS) is 23.3. The molecule has 0 bridgehead atoms. The van der Waals surface area contributed by atoms with E-state index in [4.69, 9.17) is 4.18 Å². The molecule has 2 nitrogen and oxygen atoms in total. The Labute approximate surface area is 87.3 Å². The minimum atomic E-state index is 0.398. The van der Waals surface area contributed by atoms with Gasteiger partial charge in [0.1, 0.15) is 0 Å². The molecule has 1 saturated heterocycles. The molecule has 13 heavy (non-hydrogen) atoms. The maximum Gasteiger partial charge on any atom is 0.0622 e. The summed E-state index contributed by atoms with van der Waals surface area (Å²) in [6.07, 6.45) is 5.15. The van der Waals surface area contributed by atoms with Crippen molar-refractivity contribution in [3.05, 3.63) is 0 Å². The van der Waals surface area contributed by atoms with Crippen LogP contribution in [-0.2, 0) is 4.18 Å². The fourth-order valence-corrected chi connectivity index (χ4v) is 2.18. The Morgan fingerprint density at radius 1 is 1.38 bits per heavy atom. The van der Waals surface area contributed by atoms with E-state index in [1.54, 1.807) is 0 Å². The highest BCUT2D eigenvalue weighted by molar-refractivity contribution is 7.75. The first-order valence-corrected chi connectivity index (χ1v) is 5.55. The smallest absolute Gasteiger partial charge is 0.0622 e. The molecule has 0 aromatic heterocycles. The van der Waals surface area contributed by atoms with Gasteiger partial charge in [-0.05, 0) is 52.6 Å². The van der Waals surface area contributed by atoms with Gasteiger partial charge in [-0.1, -0.05) is 6.42 Å². The molecule has 78 valence electrons. The summed E-state index contributed by atoms with van der Waals surface area (Å²) in [5.74, 6) is 0. The van der Waals surface area contributed by atoms with Crippen LogP contribution in [0.2, 0.25) is 0 Å². The lowest BCUT2D eigenvalue weighted by Gasteiger charge is -2.42. The zero-order chi connectivity index (χ0) is 9.73. The lowest BCUT2D eigenvalue weighted by Crippen LogP contribution is -2.47. The van der Waals surface area contributed by atoms with Crippen molar-refractivity contribution in [1.82, 2.24) is 4.90 Å². The Morgan fingerprint density at radius 2 is 2.15 bits per heavy atom. The van der Waals surface area contributed by atoms with E-state index in [1.807, 2.05) is 0 Å². The highest BCUT2D eigenvalue weighted by Gasteiger charge is 2.28. The van der Waals surface area contributed by atoms with Crippen molar-refractivity contribution in [2.75, 3.05) is 19.7 Å². The van der Waals surface area contributed by atoms with Gasteiger partial charge >= 0.3 is 0 Å². The van der Waals surface area contributed by atoms with Crippen molar-refractivity contribution in [2.45, 2.75) is 45.1 Å². The third kappa shape index (κ3) is 3.49. The maximum absolute atomic E-state index is 4.77. The summed E-state index contributed by atoms with van der Waals surface area (Å²) in [7, 11) is 0. The Morgan fingerprint density at radius 3 is 2.77 bits per heavy atom. The molecule has 0 N–H and O–H groups in total. The van der Waals surface area contributed by atoms with Crippen molar-refractivity contribution in [1.29, 1.82) is 0 Å². The van der Waals surface area contributed by atoms with Gasteiger partial charge in [0.05, 0.1) is 6.61 Å². The van der Waals surface area contributed by atoms with E-state index in [2.05, 4.69) is 31.7 Å². The number of thiol groups is 1. The molecule has 0 spiro atoms. The predicted molar refractivity (Wildman–Crippen MR) is 59.1 cm³/mol. The van der Waals surface area contributed by atoms with E-state index in [9.17, 15) is 0 Å². The van der Waals surface area contributed by atoms with E-state index in [1.165, 1.54) is 25.8 Å². The van der Waals surface area contributed by atoms with E-state index in [-0.39, 0.29) is 0 Å². The number of nitrogens with zero attached hydrogens (tertiary/aromatic N) is 1. The Balaban J connectivity index is 2.29. The molecule has 0 unspecified atom stereocenters. The van der Waals surface area contributed by atoms with Crippen LogP contribution in [0.3, 0.4) is 0 Å². The van der Waals surface area contributed by atoms with Crippen LogP contribution in [0.4, 0.5) is 0 Å². The number of likely N-dealkylation sites (tertiary alicyclic amines) is 1. The van der Waals surface area contributed by atoms with Crippen LogP contribution < -0.4 is 0 Å². The molecular formula is C10H21NOS. The van der Waals surface area contributed by atoms with Crippen LogP contribution >= 0.6 is 12.9 Å². The van der Waals surface area contributed by atoms with Gasteiger partial charge in [0, 0.05) is 12.1 Å². The highest BCUT2D eigenvalue weighted by atomic mass is 32.1. The molecule has 3 heteroatoms. The molecule has 0 radical (unpaired) electrons. The molecule has 1 rings (SSSR count). The number of piperidine rings is 1. The van der Waals surface area contributed by atoms with Crippen molar-refractivity contribution in [3.63, 3.8) is 0 Å². The summed E-state index contributed by atoms with van der Waals surface area (Å²) >= 11 is 3.74. The van der Waals surface area contributed by atoms with E-state index < -0.39 is 0 Å². The van der Waals surface area contributed by atoms with Gasteiger partial charge in [-0.25, -0.2) is 0 Å². The van der Waals surface area contributed by atoms with Gasteiger partial charge in [0.15, 0.2) is 0 Å². The van der Waals surface area contributed by atoms with Crippen LogP contribution in [0.5, 0.6) is 0 Å². The minimum Gasteiger partial charge on any atom is -0.318 e. The van der Waals surface area contributed by atoms with Gasteiger partial charge in [-0.2, -0.15) is 0 Å². The summed E-state index contributed by atoms with van der Waals surface area (Å²) < 4.78 is 4.77. The minimum absolute atomic E-state index is 0.398. The molecule has 0 aromatic carbocycles. The van der Waals surface area contributed by atoms with Crippen molar-refractivity contribution < 1.29 is 4.18 Å². The third-order valence-electron chi connectivity index (χ3n) is 2.99. The second-order valence-electron chi connectivity index (χ2n) is 4.44. The van der Waals surface area contributed by atoms with E-state index in [0.29, 0.717) is 5.54 Å². The number of hydrogen-bond acceptors (Lipinski definition) is 3. The quantitative estimate of drug-likeness (QED) is 0.428. The van der Waals surface area contributed by atoms with Gasteiger partial charge in [-0.15, -0.1) is 0 Å². The lowest BCUT2D eigenvalue weighted by atomic mass is 9.90. The average Bonchev–Trinajstić information content (AvgIpc) is 2.08. The van der Waals surface area contributed by atoms with Crippen LogP contribution in [0.25, 0.3) is 0 Å². The molecular weight excluding hydrogens is 182 g/mol. The monoisotopic (exact) mass is 203 g/mol. The summed E-state index contributed by atoms with van der Waals surface area (Å²) in [6.45, 7) is 7.84. The van der Waals surface area contributed by atoms with Crippen LogP contribution in [-0.4, -0.2) is 30.1 Å². The first kappa shape index (κ1) is 11.3. The van der Waals surface area contributed by atoms with E-state index in [0.717, 1.165) is 19.6 Å². The topological polar surface area (TPSA) is 12.5 Å². The van der Waals surface area contributed by atoms with Crippen LogP contribution in [0.15, 0.2) is 0 Å².